The molecule has 0 saturated carbocycles. The van der Waals surface area contributed by atoms with Crippen molar-refractivity contribution >= 4 is 33.1 Å². The minimum absolute atomic E-state index is 0.0930. The van der Waals surface area contributed by atoms with Crippen LogP contribution in [0, 0.1) is 10.1 Å². The molecule has 1 aliphatic rings. The van der Waals surface area contributed by atoms with E-state index in [4.69, 9.17) is 0 Å². The van der Waals surface area contributed by atoms with Gasteiger partial charge in [-0.3, -0.25) is 15.5 Å². The smallest absolute Gasteiger partial charge is 0.295 e. The highest BCUT2D eigenvalue weighted by atomic mass is 32.2. The summed E-state index contributed by atoms with van der Waals surface area (Å²) in [6, 6.07) is 21.6. The molecule has 1 N–H and O–H groups in total. The van der Waals surface area contributed by atoms with Gasteiger partial charge < -0.3 is 4.40 Å². The second kappa shape index (κ2) is 9.32. The fourth-order valence-corrected chi connectivity index (χ4v) is 5.82. The number of aromatic nitrogens is 1. The summed E-state index contributed by atoms with van der Waals surface area (Å²) < 4.78 is 29.0. The first-order valence-corrected chi connectivity index (χ1v) is 12.6. The maximum absolute atomic E-state index is 12.8. The van der Waals surface area contributed by atoms with Gasteiger partial charge in [-0.2, -0.15) is 9.41 Å². The molecular weight excluding hydrogens is 466 g/mol. The lowest BCUT2D eigenvalue weighted by Crippen LogP contribution is -2.27. The number of benzene rings is 2. The molecule has 0 unspecified atom stereocenters. The maximum Gasteiger partial charge on any atom is 0.295 e. The maximum atomic E-state index is 12.8. The Hall–Kier alpha value is -4.02. The number of pyridine rings is 1. The van der Waals surface area contributed by atoms with Gasteiger partial charge in [-0.1, -0.05) is 36.4 Å². The first kappa shape index (κ1) is 22.8. The van der Waals surface area contributed by atoms with Crippen LogP contribution in [0.5, 0.6) is 0 Å². The Morgan fingerprint density at radius 1 is 0.971 bits per heavy atom. The molecule has 0 radical (unpaired) electrons. The third-order valence-electron chi connectivity index (χ3n) is 6.04. The van der Waals surface area contributed by atoms with Crippen molar-refractivity contribution in [2.24, 2.45) is 5.10 Å². The number of fused-ring (bicyclic) bond motifs is 1. The highest BCUT2D eigenvalue weighted by Gasteiger charge is 2.29. The highest BCUT2D eigenvalue weighted by molar-refractivity contribution is 7.89. The van der Waals surface area contributed by atoms with E-state index in [1.54, 1.807) is 6.21 Å². The average molecular weight is 490 g/mol. The zero-order chi connectivity index (χ0) is 24.4. The van der Waals surface area contributed by atoms with Crippen LogP contribution in [-0.2, 0) is 10.0 Å². The molecule has 1 fully saturated rings. The topological polar surface area (TPSA) is 109 Å². The zero-order valence-corrected chi connectivity index (χ0v) is 19.6. The van der Waals surface area contributed by atoms with Crippen molar-refractivity contribution in [2.75, 3.05) is 18.5 Å². The van der Waals surface area contributed by atoms with Gasteiger partial charge in [0.25, 0.3) is 5.69 Å². The molecule has 0 spiro atoms. The van der Waals surface area contributed by atoms with E-state index in [1.165, 1.54) is 16.4 Å². The fourth-order valence-electron chi connectivity index (χ4n) is 4.28. The minimum Gasteiger partial charge on any atom is -0.315 e. The predicted molar refractivity (Wildman–Crippen MR) is 135 cm³/mol. The van der Waals surface area contributed by atoms with Crippen LogP contribution in [0.2, 0.25) is 0 Å². The van der Waals surface area contributed by atoms with E-state index >= 15 is 0 Å². The molecular formula is C25H23N5O4S. The van der Waals surface area contributed by atoms with E-state index in [0.717, 1.165) is 41.2 Å². The van der Waals surface area contributed by atoms with Crippen LogP contribution in [0.3, 0.4) is 0 Å². The number of hydrazone groups is 1. The van der Waals surface area contributed by atoms with Gasteiger partial charge in [0.2, 0.25) is 10.0 Å². The average Bonchev–Trinajstić information content (AvgIpc) is 3.54. The Labute approximate surface area is 202 Å². The molecule has 2 aromatic carbocycles. The quantitative estimate of drug-likeness (QED) is 0.229. The number of nitrogens with one attached hydrogen (secondary N) is 1. The second-order valence-corrected chi connectivity index (χ2v) is 10.2. The molecule has 2 aromatic heterocycles. The van der Waals surface area contributed by atoms with Gasteiger partial charge in [-0.25, -0.2) is 8.42 Å². The normalized spacial score (nSPS) is 14.6. The molecule has 0 atom stereocenters. The van der Waals surface area contributed by atoms with Gasteiger partial charge in [0.1, 0.15) is 5.69 Å². The number of hydrogen-bond acceptors (Lipinski definition) is 6. The molecule has 0 bridgehead atoms. The standard InChI is InChI=1S/C25H23N5O4S/c31-30(32)24-17-21(35(33,34)28-13-6-7-14-28)11-12-23(24)27-26-18-25-22(19-8-2-1-3-9-19)16-20-10-4-5-15-29(20)25/h1-5,8-12,15-18,27H,6-7,13-14H2. The highest BCUT2D eigenvalue weighted by Crippen LogP contribution is 2.31. The van der Waals surface area contributed by atoms with Crippen molar-refractivity contribution < 1.29 is 13.3 Å². The minimum atomic E-state index is -3.77. The van der Waals surface area contributed by atoms with Crippen molar-refractivity contribution in [2.45, 2.75) is 17.7 Å². The zero-order valence-electron chi connectivity index (χ0n) is 18.7. The number of anilines is 1. The van der Waals surface area contributed by atoms with Gasteiger partial charge in [0.05, 0.1) is 21.7 Å². The second-order valence-electron chi connectivity index (χ2n) is 8.22. The number of nitro groups is 1. The Balaban J connectivity index is 1.48. The van der Waals surface area contributed by atoms with Crippen molar-refractivity contribution in [3.8, 4) is 11.1 Å². The van der Waals surface area contributed by atoms with Crippen LogP contribution in [0.15, 0.2) is 89.0 Å². The van der Waals surface area contributed by atoms with Crippen LogP contribution in [-0.4, -0.2) is 41.4 Å². The lowest BCUT2D eigenvalue weighted by Gasteiger charge is -2.15. The molecule has 10 heteroatoms. The molecule has 35 heavy (non-hydrogen) atoms. The summed E-state index contributed by atoms with van der Waals surface area (Å²) in [5.74, 6) is 0. The molecule has 1 aliphatic heterocycles. The number of sulfonamides is 1. The predicted octanol–water partition coefficient (Wildman–Crippen LogP) is 4.75. The summed E-state index contributed by atoms with van der Waals surface area (Å²) in [7, 11) is -3.77. The summed E-state index contributed by atoms with van der Waals surface area (Å²) >= 11 is 0. The molecule has 0 aliphatic carbocycles. The van der Waals surface area contributed by atoms with E-state index in [1.807, 2.05) is 59.1 Å². The SMILES string of the molecule is O=[N+]([O-])c1cc(S(=O)(=O)N2CCCC2)ccc1NN=Cc1c(-c2ccccc2)cc2ccccn12. The fraction of sp³-hybridized carbons (Fsp3) is 0.160. The van der Waals surface area contributed by atoms with Crippen molar-refractivity contribution in [3.05, 3.63) is 94.8 Å². The van der Waals surface area contributed by atoms with Crippen molar-refractivity contribution in [3.63, 3.8) is 0 Å². The van der Waals surface area contributed by atoms with Crippen LogP contribution in [0.25, 0.3) is 16.6 Å². The monoisotopic (exact) mass is 489 g/mol. The lowest BCUT2D eigenvalue weighted by atomic mass is 10.1. The molecule has 3 heterocycles. The molecule has 5 rings (SSSR count). The van der Waals surface area contributed by atoms with Crippen LogP contribution >= 0.6 is 0 Å². The number of hydrogen-bond donors (Lipinski definition) is 1. The Morgan fingerprint density at radius 2 is 1.71 bits per heavy atom. The van der Waals surface area contributed by atoms with E-state index < -0.39 is 14.9 Å². The van der Waals surface area contributed by atoms with Gasteiger partial charge in [0.15, 0.2) is 0 Å². The summed E-state index contributed by atoms with van der Waals surface area (Å²) in [6.07, 6.45) is 5.10. The van der Waals surface area contributed by atoms with Gasteiger partial charge in [-0.15, -0.1) is 0 Å². The third kappa shape index (κ3) is 4.41. The van der Waals surface area contributed by atoms with Gasteiger partial charge in [-0.05, 0) is 48.7 Å². The summed E-state index contributed by atoms with van der Waals surface area (Å²) in [6.45, 7) is 0.852. The molecule has 9 nitrogen and oxygen atoms in total. The molecule has 4 aromatic rings. The molecule has 1 saturated heterocycles. The van der Waals surface area contributed by atoms with Crippen LogP contribution in [0.1, 0.15) is 18.5 Å². The van der Waals surface area contributed by atoms with E-state index in [9.17, 15) is 18.5 Å². The first-order valence-electron chi connectivity index (χ1n) is 11.2. The number of rotatable bonds is 7. The van der Waals surface area contributed by atoms with Crippen LogP contribution in [0.4, 0.5) is 11.4 Å². The van der Waals surface area contributed by atoms with Gasteiger partial charge in [0, 0.05) is 36.4 Å². The van der Waals surface area contributed by atoms with Crippen LogP contribution < -0.4 is 5.43 Å². The summed E-state index contributed by atoms with van der Waals surface area (Å²) in [5, 5.41) is 16.0. The summed E-state index contributed by atoms with van der Waals surface area (Å²) in [4.78, 5) is 11.0. The molecule has 178 valence electrons. The third-order valence-corrected chi connectivity index (χ3v) is 7.94. The first-order chi connectivity index (χ1) is 16.9. The van der Waals surface area contributed by atoms with Crippen molar-refractivity contribution in [1.82, 2.24) is 8.71 Å². The van der Waals surface area contributed by atoms with Crippen molar-refractivity contribution in [1.29, 1.82) is 0 Å². The van der Waals surface area contributed by atoms with E-state index in [-0.39, 0.29) is 16.3 Å². The molecule has 0 amide bonds. The largest absolute Gasteiger partial charge is 0.315 e. The number of nitro benzene ring substituents is 1. The Bertz CT molecular complexity index is 1520. The Morgan fingerprint density at radius 3 is 2.46 bits per heavy atom. The number of nitrogens with zero attached hydrogens (tertiary/aromatic N) is 4. The van der Waals surface area contributed by atoms with E-state index in [2.05, 4.69) is 16.6 Å². The van der Waals surface area contributed by atoms with Gasteiger partial charge >= 0.3 is 0 Å². The van der Waals surface area contributed by atoms with E-state index in [0.29, 0.717) is 13.1 Å². The Kier molecular flexibility index (Phi) is 6.06. The lowest BCUT2D eigenvalue weighted by molar-refractivity contribution is -0.384. The summed E-state index contributed by atoms with van der Waals surface area (Å²) in [5.41, 5.74) is 6.24.